The molecule has 0 bridgehead atoms. The number of rotatable bonds is 8. The zero-order valence-corrected chi connectivity index (χ0v) is 12.0. The number of hydrogen-bond acceptors (Lipinski definition) is 4. The third kappa shape index (κ3) is 8.28. The molecule has 0 fully saturated rings. The lowest BCUT2D eigenvalue weighted by molar-refractivity contribution is 0.0777. The van der Waals surface area contributed by atoms with Gasteiger partial charge in [0.1, 0.15) is 0 Å². The van der Waals surface area contributed by atoms with E-state index in [1.807, 2.05) is 13.8 Å². The summed E-state index contributed by atoms with van der Waals surface area (Å²) in [5, 5.41) is 0. The van der Waals surface area contributed by atoms with Crippen molar-refractivity contribution < 1.29 is 18.3 Å². The van der Waals surface area contributed by atoms with E-state index >= 15 is 0 Å². The van der Waals surface area contributed by atoms with Crippen LogP contribution in [-0.4, -0.2) is 32.6 Å². The van der Waals surface area contributed by atoms with Crippen molar-refractivity contribution in [1.29, 1.82) is 0 Å². The van der Waals surface area contributed by atoms with Crippen LogP contribution in [0.25, 0.3) is 0 Å². The number of hydrogen-bond donors (Lipinski definition) is 0. The summed E-state index contributed by atoms with van der Waals surface area (Å²) in [5.74, 6) is 0. The molecule has 16 heavy (non-hydrogen) atoms. The normalized spacial score (nSPS) is 13.1. The van der Waals surface area contributed by atoms with Crippen molar-refractivity contribution in [3.8, 4) is 0 Å². The van der Waals surface area contributed by atoms with Gasteiger partial charge in [-0.3, -0.25) is 4.57 Å². The SMILES string of the molecule is CCOP(=O)(CCOCC(C)(C)C)OCC. The summed E-state index contributed by atoms with van der Waals surface area (Å²) in [6.45, 7) is 11.8. The van der Waals surface area contributed by atoms with Gasteiger partial charge in [0.25, 0.3) is 0 Å². The average Bonchev–Trinajstić information content (AvgIpc) is 2.12. The van der Waals surface area contributed by atoms with E-state index in [0.29, 0.717) is 32.6 Å². The second-order valence-electron chi connectivity index (χ2n) is 4.78. The van der Waals surface area contributed by atoms with Crippen LogP contribution < -0.4 is 0 Å². The van der Waals surface area contributed by atoms with E-state index in [1.165, 1.54) is 0 Å². The van der Waals surface area contributed by atoms with Crippen LogP contribution in [0.3, 0.4) is 0 Å². The van der Waals surface area contributed by atoms with Crippen molar-refractivity contribution in [2.45, 2.75) is 34.6 Å². The van der Waals surface area contributed by atoms with Gasteiger partial charge in [-0.15, -0.1) is 0 Å². The Morgan fingerprint density at radius 1 is 1.06 bits per heavy atom. The monoisotopic (exact) mass is 252 g/mol. The van der Waals surface area contributed by atoms with E-state index in [9.17, 15) is 4.57 Å². The van der Waals surface area contributed by atoms with Crippen LogP contribution in [0.1, 0.15) is 34.6 Å². The summed E-state index contributed by atoms with van der Waals surface area (Å²) in [6.07, 6.45) is 0.324. The first kappa shape index (κ1) is 16.1. The van der Waals surface area contributed by atoms with Gasteiger partial charge in [0, 0.05) is 0 Å². The van der Waals surface area contributed by atoms with E-state index in [4.69, 9.17) is 13.8 Å². The highest BCUT2D eigenvalue weighted by Gasteiger charge is 2.23. The Hall–Kier alpha value is 0.110. The van der Waals surface area contributed by atoms with Gasteiger partial charge in [0.2, 0.25) is 0 Å². The van der Waals surface area contributed by atoms with Crippen LogP contribution in [0, 0.1) is 5.41 Å². The summed E-state index contributed by atoms with van der Waals surface area (Å²) in [5.41, 5.74) is 0.126. The standard InChI is InChI=1S/C11H25O4P/c1-6-14-16(12,15-7-2)9-8-13-10-11(3,4)5/h6-10H2,1-5H3. The molecule has 0 aliphatic carbocycles. The Bertz CT molecular complexity index is 213. The van der Waals surface area contributed by atoms with Gasteiger partial charge in [-0.05, 0) is 19.3 Å². The van der Waals surface area contributed by atoms with Crippen LogP contribution in [0.2, 0.25) is 0 Å². The van der Waals surface area contributed by atoms with E-state index < -0.39 is 7.60 Å². The molecular weight excluding hydrogens is 227 g/mol. The zero-order valence-electron chi connectivity index (χ0n) is 11.1. The lowest BCUT2D eigenvalue weighted by atomic mass is 9.99. The maximum atomic E-state index is 12.0. The van der Waals surface area contributed by atoms with Crippen LogP contribution >= 0.6 is 7.60 Å². The molecule has 0 saturated carbocycles. The summed E-state index contributed by atoms with van der Waals surface area (Å²) in [7, 11) is -2.93. The largest absolute Gasteiger partial charge is 0.380 e. The quantitative estimate of drug-likeness (QED) is 0.491. The third-order valence-corrected chi connectivity index (χ3v) is 3.73. The fraction of sp³-hybridized carbons (Fsp3) is 1.00. The predicted molar refractivity (Wildman–Crippen MR) is 66.0 cm³/mol. The van der Waals surface area contributed by atoms with Crippen molar-refractivity contribution in [3.05, 3.63) is 0 Å². The van der Waals surface area contributed by atoms with E-state index in [1.54, 1.807) is 0 Å². The van der Waals surface area contributed by atoms with Crippen LogP contribution in [0.4, 0.5) is 0 Å². The minimum Gasteiger partial charge on any atom is -0.380 e. The van der Waals surface area contributed by atoms with Crippen LogP contribution in [0.5, 0.6) is 0 Å². The molecule has 0 heterocycles. The van der Waals surface area contributed by atoms with Crippen LogP contribution in [0.15, 0.2) is 0 Å². The maximum Gasteiger partial charge on any atom is 0.332 e. The van der Waals surface area contributed by atoms with E-state index in [0.717, 1.165) is 0 Å². The summed E-state index contributed by atoms with van der Waals surface area (Å²) in [6, 6.07) is 0. The zero-order chi connectivity index (χ0) is 12.7. The van der Waals surface area contributed by atoms with Crippen molar-refractivity contribution in [2.24, 2.45) is 5.41 Å². The second-order valence-corrected chi connectivity index (χ2v) is 6.97. The van der Waals surface area contributed by atoms with Crippen LogP contribution in [-0.2, 0) is 18.3 Å². The molecule has 4 nitrogen and oxygen atoms in total. The Kier molecular flexibility index (Phi) is 7.49. The Morgan fingerprint density at radius 2 is 1.56 bits per heavy atom. The van der Waals surface area contributed by atoms with Gasteiger partial charge in [-0.2, -0.15) is 0 Å². The Morgan fingerprint density at radius 3 is 1.94 bits per heavy atom. The molecule has 0 atom stereocenters. The molecule has 0 aromatic rings. The van der Waals surface area contributed by atoms with Gasteiger partial charge >= 0.3 is 7.60 Å². The lowest BCUT2D eigenvalue weighted by Crippen LogP contribution is -2.16. The van der Waals surface area contributed by atoms with Crippen molar-refractivity contribution >= 4 is 7.60 Å². The molecule has 5 heteroatoms. The molecule has 0 rings (SSSR count). The van der Waals surface area contributed by atoms with Gasteiger partial charge in [0.15, 0.2) is 0 Å². The first-order valence-corrected chi connectivity index (χ1v) is 7.51. The highest BCUT2D eigenvalue weighted by molar-refractivity contribution is 7.53. The molecule has 0 radical (unpaired) electrons. The summed E-state index contributed by atoms with van der Waals surface area (Å²) in [4.78, 5) is 0. The third-order valence-electron chi connectivity index (χ3n) is 1.70. The molecule has 98 valence electrons. The molecule has 0 aliphatic heterocycles. The first-order valence-electron chi connectivity index (χ1n) is 5.79. The molecule has 0 N–H and O–H groups in total. The Labute approximate surface area is 99.2 Å². The summed E-state index contributed by atoms with van der Waals surface area (Å²) < 4.78 is 27.8. The number of ether oxygens (including phenoxy) is 1. The molecular formula is C11H25O4P. The smallest absolute Gasteiger partial charge is 0.332 e. The molecule has 0 amide bonds. The minimum absolute atomic E-state index is 0.126. The minimum atomic E-state index is -2.93. The molecule has 0 spiro atoms. The summed E-state index contributed by atoms with van der Waals surface area (Å²) >= 11 is 0. The van der Waals surface area contributed by atoms with Gasteiger partial charge in [-0.25, -0.2) is 0 Å². The van der Waals surface area contributed by atoms with Gasteiger partial charge in [0.05, 0.1) is 32.6 Å². The highest BCUT2D eigenvalue weighted by Crippen LogP contribution is 2.47. The Balaban J connectivity index is 3.90. The molecule has 0 aromatic heterocycles. The highest BCUT2D eigenvalue weighted by atomic mass is 31.2. The maximum absolute atomic E-state index is 12.0. The molecule has 0 saturated heterocycles. The fourth-order valence-corrected chi connectivity index (χ4v) is 2.59. The van der Waals surface area contributed by atoms with Crippen molar-refractivity contribution in [2.75, 3.05) is 32.6 Å². The molecule has 0 unspecified atom stereocenters. The average molecular weight is 252 g/mol. The fourth-order valence-electron chi connectivity index (χ4n) is 1.11. The molecule has 0 aliphatic rings. The van der Waals surface area contributed by atoms with Gasteiger partial charge < -0.3 is 13.8 Å². The lowest BCUT2D eigenvalue weighted by Gasteiger charge is -2.20. The van der Waals surface area contributed by atoms with Crippen molar-refractivity contribution in [3.63, 3.8) is 0 Å². The first-order chi connectivity index (χ1) is 7.33. The van der Waals surface area contributed by atoms with E-state index in [2.05, 4.69) is 20.8 Å². The molecule has 0 aromatic carbocycles. The van der Waals surface area contributed by atoms with Gasteiger partial charge in [-0.1, -0.05) is 20.8 Å². The van der Waals surface area contributed by atoms with E-state index in [-0.39, 0.29) is 5.41 Å². The predicted octanol–water partition coefficient (Wildman–Crippen LogP) is 3.32. The topological polar surface area (TPSA) is 44.8 Å². The second kappa shape index (κ2) is 7.44. The van der Waals surface area contributed by atoms with Crippen molar-refractivity contribution in [1.82, 2.24) is 0 Å².